The highest BCUT2D eigenvalue weighted by Gasteiger charge is 1.95. The molecular weight excluding hydrogens is 120 g/mol. The van der Waals surface area contributed by atoms with Gasteiger partial charge in [0.25, 0.3) is 0 Å². The largest absolute Gasteiger partial charge is 0.363 e. The van der Waals surface area contributed by atoms with Gasteiger partial charge in [0.1, 0.15) is 0 Å². The molecule has 0 fully saturated rings. The van der Waals surface area contributed by atoms with Crippen LogP contribution in [0.25, 0.3) is 0 Å². The van der Waals surface area contributed by atoms with Gasteiger partial charge in [-0.1, -0.05) is 12.1 Å². The zero-order chi connectivity index (χ0) is 7.11. The first-order chi connectivity index (χ1) is 4.31. The van der Waals surface area contributed by atoms with Crippen molar-refractivity contribution in [3.8, 4) is 0 Å². The molecule has 0 aliphatic carbocycles. The maximum Gasteiger partial charge on any atom is 0.236 e. The van der Waals surface area contributed by atoms with E-state index in [9.17, 15) is 0 Å². The smallest absolute Gasteiger partial charge is 0.236 e. The van der Waals surface area contributed by atoms with Gasteiger partial charge in [0.05, 0.1) is 6.54 Å². The van der Waals surface area contributed by atoms with Crippen LogP contribution in [0.2, 0.25) is 0 Å². The fourth-order valence-electron chi connectivity index (χ4n) is 0.231. The number of aliphatic hydroxyl groups excluding tert-OH is 1. The summed E-state index contributed by atoms with van der Waals surface area (Å²) in [7, 11) is 0. The molecule has 3 N–H and O–H groups in total. The summed E-state index contributed by atoms with van der Waals surface area (Å²) < 4.78 is 0. The van der Waals surface area contributed by atoms with Gasteiger partial charge in [0, 0.05) is 6.21 Å². The van der Waals surface area contributed by atoms with Crippen molar-refractivity contribution in [2.24, 2.45) is 10.9 Å². The normalized spacial score (nSPS) is 14.1. The van der Waals surface area contributed by atoms with Crippen LogP contribution < -0.4 is 5.73 Å². The van der Waals surface area contributed by atoms with E-state index in [1.54, 1.807) is 6.21 Å². The van der Waals surface area contributed by atoms with Crippen molar-refractivity contribution in [3.05, 3.63) is 0 Å². The highest BCUT2D eigenvalue weighted by Crippen LogP contribution is 1.82. The Morgan fingerprint density at radius 2 is 2.56 bits per heavy atom. The average Bonchev–Trinajstić information content (AvgIpc) is 1.89. The SMILES string of the molecule is CC/C=N/OC(O)CN. The first-order valence-electron chi connectivity index (χ1n) is 2.87. The quantitative estimate of drug-likeness (QED) is 0.313. The van der Waals surface area contributed by atoms with Crippen LogP contribution in [-0.2, 0) is 4.84 Å². The lowest BCUT2D eigenvalue weighted by atomic mass is 10.6. The van der Waals surface area contributed by atoms with Crippen LogP contribution in [0.5, 0.6) is 0 Å². The molecule has 0 heterocycles. The van der Waals surface area contributed by atoms with Crippen molar-refractivity contribution < 1.29 is 9.94 Å². The molecule has 0 saturated heterocycles. The van der Waals surface area contributed by atoms with E-state index in [1.165, 1.54) is 0 Å². The first-order valence-corrected chi connectivity index (χ1v) is 2.87. The number of nitrogens with zero attached hydrogens (tertiary/aromatic N) is 1. The summed E-state index contributed by atoms with van der Waals surface area (Å²) in [6.07, 6.45) is 1.38. The Hall–Kier alpha value is -0.610. The Kier molecular flexibility index (Phi) is 5.15. The summed E-state index contributed by atoms with van der Waals surface area (Å²) in [5.74, 6) is 0. The predicted molar refractivity (Wildman–Crippen MR) is 34.9 cm³/mol. The van der Waals surface area contributed by atoms with Gasteiger partial charge < -0.3 is 15.7 Å². The van der Waals surface area contributed by atoms with Crippen LogP contribution in [0.15, 0.2) is 5.16 Å². The minimum absolute atomic E-state index is 0.0705. The Morgan fingerprint density at radius 3 is 3.00 bits per heavy atom. The van der Waals surface area contributed by atoms with Crippen LogP contribution in [0, 0.1) is 0 Å². The molecule has 1 unspecified atom stereocenters. The molecule has 0 saturated carbocycles. The fourth-order valence-corrected chi connectivity index (χ4v) is 0.231. The van der Waals surface area contributed by atoms with Crippen molar-refractivity contribution in [2.45, 2.75) is 19.6 Å². The zero-order valence-electron chi connectivity index (χ0n) is 5.45. The lowest BCUT2D eigenvalue weighted by molar-refractivity contribution is -0.0896. The lowest BCUT2D eigenvalue weighted by Crippen LogP contribution is -2.20. The van der Waals surface area contributed by atoms with Gasteiger partial charge in [-0.2, -0.15) is 0 Å². The third kappa shape index (κ3) is 5.26. The van der Waals surface area contributed by atoms with E-state index in [0.717, 1.165) is 6.42 Å². The summed E-state index contributed by atoms with van der Waals surface area (Å²) in [4.78, 5) is 4.43. The number of nitrogens with two attached hydrogens (primary N) is 1. The molecule has 0 rings (SSSR count). The third-order valence-corrected chi connectivity index (χ3v) is 0.641. The van der Waals surface area contributed by atoms with Gasteiger partial charge in [-0.05, 0) is 6.42 Å². The average molecular weight is 132 g/mol. The maximum absolute atomic E-state index is 8.62. The van der Waals surface area contributed by atoms with E-state index in [1.807, 2.05) is 6.92 Å². The van der Waals surface area contributed by atoms with E-state index in [2.05, 4.69) is 9.99 Å². The monoisotopic (exact) mass is 132 g/mol. The molecule has 0 aliphatic rings. The molecule has 0 aliphatic heterocycles. The summed E-state index contributed by atoms with van der Waals surface area (Å²) in [6, 6.07) is 0. The van der Waals surface area contributed by atoms with Crippen LogP contribution >= 0.6 is 0 Å². The van der Waals surface area contributed by atoms with Crippen molar-refractivity contribution in [1.82, 2.24) is 0 Å². The Bertz CT molecular complexity index is 85.0. The van der Waals surface area contributed by atoms with Crippen LogP contribution in [0.3, 0.4) is 0 Å². The molecule has 1 atom stereocenters. The van der Waals surface area contributed by atoms with Crippen molar-refractivity contribution >= 4 is 6.21 Å². The number of hydrogen-bond donors (Lipinski definition) is 2. The fraction of sp³-hybridized carbons (Fsp3) is 0.800. The summed E-state index contributed by atoms with van der Waals surface area (Å²) >= 11 is 0. The Labute approximate surface area is 54.3 Å². The van der Waals surface area contributed by atoms with Crippen molar-refractivity contribution in [3.63, 3.8) is 0 Å². The molecule has 0 aromatic heterocycles. The van der Waals surface area contributed by atoms with Gasteiger partial charge in [-0.15, -0.1) is 0 Å². The second-order valence-corrected chi connectivity index (χ2v) is 1.49. The van der Waals surface area contributed by atoms with Crippen LogP contribution in [0.4, 0.5) is 0 Å². The summed E-state index contributed by atoms with van der Waals surface area (Å²) in [5.41, 5.74) is 5.01. The number of aliphatic hydroxyl groups is 1. The van der Waals surface area contributed by atoms with Gasteiger partial charge in [-0.3, -0.25) is 0 Å². The summed E-state index contributed by atoms with van der Waals surface area (Å²) in [6.45, 7) is 1.99. The van der Waals surface area contributed by atoms with Crippen LogP contribution in [-0.4, -0.2) is 24.2 Å². The van der Waals surface area contributed by atoms with E-state index >= 15 is 0 Å². The van der Waals surface area contributed by atoms with Crippen molar-refractivity contribution in [2.75, 3.05) is 6.54 Å². The highest BCUT2D eigenvalue weighted by molar-refractivity contribution is 5.55. The van der Waals surface area contributed by atoms with Gasteiger partial charge >= 0.3 is 0 Å². The third-order valence-electron chi connectivity index (χ3n) is 0.641. The topological polar surface area (TPSA) is 67.8 Å². The lowest BCUT2D eigenvalue weighted by Gasteiger charge is -2.02. The minimum Gasteiger partial charge on any atom is -0.363 e. The highest BCUT2D eigenvalue weighted by atomic mass is 16.7. The second-order valence-electron chi connectivity index (χ2n) is 1.49. The molecular formula is C5H12N2O2. The Balaban J connectivity index is 3.15. The number of hydrogen-bond acceptors (Lipinski definition) is 4. The van der Waals surface area contributed by atoms with Gasteiger partial charge in [0.15, 0.2) is 0 Å². The van der Waals surface area contributed by atoms with E-state index in [0.29, 0.717) is 0 Å². The van der Waals surface area contributed by atoms with E-state index < -0.39 is 6.29 Å². The molecule has 54 valence electrons. The molecule has 0 aromatic carbocycles. The molecule has 4 heteroatoms. The number of rotatable bonds is 4. The summed E-state index contributed by atoms with van der Waals surface area (Å²) in [5, 5.41) is 12.0. The van der Waals surface area contributed by atoms with Gasteiger partial charge in [-0.25, -0.2) is 0 Å². The minimum atomic E-state index is -0.965. The molecule has 9 heavy (non-hydrogen) atoms. The zero-order valence-corrected chi connectivity index (χ0v) is 5.45. The van der Waals surface area contributed by atoms with Gasteiger partial charge in [0.2, 0.25) is 6.29 Å². The van der Waals surface area contributed by atoms with E-state index in [-0.39, 0.29) is 6.54 Å². The van der Waals surface area contributed by atoms with E-state index in [4.69, 9.17) is 10.8 Å². The second kappa shape index (κ2) is 5.53. The molecule has 0 amide bonds. The molecule has 0 bridgehead atoms. The first kappa shape index (κ1) is 8.39. The van der Waals surface area contributed by atoms with Crippen molar-refractivity contribution in [1.29, 1.82) is 0 Å². The standard InChI is InChI=1S/C5H12N2O2/c1-2-3-7-9-5(8)4-6/h3,5,8H,2,4,6H2,1H3/b7-3+. The molecule has 0 radical (unpaired) electrons. The maximum atomic E-state index is 8.62. The Morgan fingerprint density at radius 1 is 1.89 bits per heavy atom. The number of oxime groups is 1. The predicted octanol–water partition coefficient (Wildman–Crippen LogP) is -0.324. The molecule has 0 aromatic rings. The van der Waals surface area contributed by atoms with Crippen LogP contribution in [0.1, 0.15) is 13.3 Å². The molecule has 4 nitrogen and oxygen atoms in total. The molecule has 0 spiro atoms.